The van der Waals surface area contributed by atoms with Gasteiger partial charge in [0.1, 0.15) is 11.3 Å². The molecule has 0 spiro atoms. The number of nitrogens with one attached hydrogen (secondary N) is 3. The monoisotopic (exact) mass is 436 g/mol. The van der Waals surface area contributed by atoms with Crippen molar-refractivity contribution < 1.29 is 4.79 Å². The minimum atomic E-state index is -0.236. The summed E-state index contributed by atoms with van der Waals surface area (Å²) in [6, 6.07) is 5.39. The van der Waals surface area contributed by atoms with E-state index >= 15 is 0 Å². The average Bonchev–Trinajstić information content (AvgIpc) is 3.42. The molecule has 1 aliphatic heterocycles. The number of amides is 1. The molecule has 0 bridgehead atoms. The normalized spacial score (nSPS) is 14.1. The molecule has 160 valence electrons. The Kier molecular flexibility index (Phi) is 4.95. The van der Waals surface area contributed by atoms with Crippen molar-refractivity contribution in [3.63, 3.8) is 0 Å². The van der Waals surface area contributed by atoms with E-state index in [-0.39, 0.29) is 5.91 Å². The van der Waals surface area contributed by atoms with Crippen LogP contribution in [0.4, 0.5) is 11.1 Å². The van der Waals surface area contributed by atoms with Crippen molar-refractivity contribution in [3.05, 3.63) is 51.5 Å². The zero-order chi connectivity index (χ0) is 21.5. The number of aromatic amines is 2. The van der Waals surface area contributed by atoms with Crippen molar-refractivity contribution in [2.24, 2.45) is 0 Å². The van der Waals surface area contributed by atoms with Gasteiger partial charge in [0.2, 0.25) is 0 Å². The first-order chi connectivity index (χ1) is 15.0. The summed E-state index contributed by atoms with van der Waals surface area (Å²) in [5.74, 6) is 1.08. The van der Waals surface area contributed by atoms with Crippen LogP contribution in [0.25, 0.3) is 11.0 Å². The molecule has 0 radical (unpaired) electrons. The lowest BCUT2D eigenvalue weighted by atomic mass is 10.1. The number of imidazole rings is 2. The number of aromatic nitrogens is 5. The molecule has 0 unspecified atom stereocenters. The number of hydrogen-bond acceptors (Lipinski definition) is 7. The maximum Gasteiger partial charge on any atom is 0.259 e. The fourth-order valence-electron chi connectivity index (χ4n) is 3.94. The molecule has 31 heavy (non-hydrogen) atoms. The molecule has 0 aliphatic carbocycles. The third-order valence-corrected chi connectivity index (χ3v) is 6.56. The first-order valence-electron chi connectivity index (χ1n) is 10.3. The van der Waals surface area contributed by atoms with Crippen molar-refractivity contribution in [1.82, 2.24) is 29.8 Å². The summed E-state index contributed by atoms with van der Waals surface area (Å²) >= 11 is 1.53. The van der Waals surface area contributed by atoms with Gasteiger partial charge in [0.15, 0.2) is 11.1 Å². The Morgan fingerprint density at radius 1 is 1.29 bits per heavy atom. The number of benzene rings is 1. The predicted molar refractivity (Wildman–Crippen MR) is 121 cm³/mol. The third-order valence-electron chi connectivity index (χ3n) is 5.56. The number of hydrogen-bond donors (Lipinski definition) is 4. The first-order valence-corrected chi connectivity index (χ1v) is 11.1. The van der Waals surface area contributed by atoms with Gasteiger partial charge in [-0.05, 0) is 19.1 Å². The highest BCUT2D eigenvalue weighted by Gasteiger charge is 2.23. The average molecular weight is 437 g/mol. The second-order valence-corrected chi connectivity index (χ2v) is 8.81. The smallest absolute Gasteiger partial charge is 0.259 e. The van der Waals surface area contributed by atoms with Gasteiger partial charge in [-0.1, -0.05) is 13.0 Å². The molecule has 1 amide bonds. The summed E-state index contributed by atoms with van der Waals surface area (Å²) in [6.07, 6.45) is 1.77. The van der Waals surface area contributed by atoms with E-state index in [0.29, 0.717) is 22.2 Å². The molecule has 0 fully saturated rings. The maximum absolute atomic E-state index is 12.9. The Morgan fingerprint density at radius 2 is 2.16 bits per heavy atom. The van der Waals surface area contributed by atoms with Crippen LogP contribution in [0.2, 0.25) is 0 Å². The number of thiazole rings is 1. The van der Waals surface area contributed by atoms with E-state index in [1.54, 1.807) is 12.1 Å². The highest BCUT2D eigenvalue weighted by Crippen LogP contribution is 2.30. The minimum Gasteiger partial charge on any atom is -0.369 e. The molecule has 5 rings (SSSR count). The third kappa shape index (κ3) is 3.79. The number of H-pyrrole nitrogens is 2. The highest BCUT2D eigenvalue weighted by atomic mass is 32.1. The molecule has 0 atom stereocenters. The molecular formula is C21H24N8OS. The van der Waals surface area contributed by atoms with Gasteiger partial charge < -0.3 is 15.7 Å². The topological polar surface area (TPSA) is 129 Å². The SMILES string of the molecule is CCc1nc(C)c(CN2CCc3nc(NC(=O)c4cccc5[nH]c(N)nc45)sc3C2)[nH]1. The lowest BCUT2D eigenvalue weighted by Crippen LogP contribution is -2.29. The number of nitrogens with two attached hydrogens (primary N) is 1. The second-order valence-electron chi connectivity index (χ2n) is 7.73. The van der Waals surface area contributed by atoms with Crippen molar-refractivity contribution in [2.75, 3.05) is 17.6 Å². The van der Waals surface area contributed by atoms with Crippen LogP contribution in [0.3, 0.4) is 0 Å². The van der Waals surface area contributed by atoms with Crippen LogP contribution >= 0.6 is 11.3 Å². The van der Waals surface area contributed by atoms with Gasteiger partial charge in [0, 0.05) is 37.4 Å². The molecule has 0 saturated heterocycles. The quantitative estimate of drug-likeness (QED) is 0.381. The van der Waals surface area contributed by atoms with E-state index in [2.05, 4.69) is 42.1 Å². The van der Waals surface area contributed by atoms with E-state index < -0.39 is 0 Å². The molecule has 9 nitrogen and oxygen atoms in total. The lowest BCUT2D eigenvalue weighted by Gasteiger charge is -2.25. The maximum atomic E-state index is 12.9. The zero-order valence-electron chi connectivity index (χ0n) is 17.5. The van der Waals surface area contributed by atoms with Gasteiger partial charge in [0.05, 0.1) is 28.2 Å². The van der Waals surface area contributed by atoms with E-state index in [4.69, 9.17) is 5.73 Å². The largest absolute Gasteiger partial charge is 0.369 e. The van der Waals surface area contributed by atoms with Gasteiger partial charge in [0.25, 0.3) is 5.91 Å². The molecule has 3 aromatic heterocycles. The number of nitrogens with zero attached hydrogens (tertiary/aromatic N) is 4. The fourth-order valence-corrected chi connectivity index (χ4v) is 4.99. The number of carbonyl (C=O) groups excluding carboxylic acids is 1. The van der Waals surface area contributed by atoms with Gasteiger partial charge in [-0.3, -0.25) is 15.0 Å². The minimum absolute atomic E-state index is 0.236. The molecule has 10 heteroatoms. The van der Waals surface area contributed by atoms with Gasteiger partial charge in [-0.25, -0.2) is 15.0 Å². The van der Waals surface area contributed by atoms with Crippen molar-refractivity contribution >= 4 is 39.4 Å². The summed E-state index contributed by atoms with van der Waals surface area (Å²) in [5.41, 5.74) is 10.8. The number of para-hydroxylation sites is 1. The molecule has 1 aliphatic rings. The number of anilines is 2. The van der Waals surface area contributed by atoms with Gasteiger partial charge in [-0.15, -0.1) is 11.3 Å². The summed E-state index contributed by atoms with van der Waals surface area (Å²) < 4.78 is 0. The summed E-state index contributed by atoms with van der Waals surface area (Å²) in [5, 5.41) is 3.55. The van der Waals surface area contributed by atoms with Crippen LogP contribution in [-0.4, -0.2) is 42.3 Å². The Bertz CT molecular complexity index is 1270. The van der Waals surface area contributed by atoms with Crippen molar-refractivity contribution in [2.45, 2.75) is 39.8 Å². The van der Waals surface area contributed by atoms with Crippen LogP contribution in [-0.2, 0) is 25.9 Å². The number of carbonyl (C=O) groups is 1. The number of fused-ring (bicyclic) bond motifs is 2. The summed E-state index contributed by atoms with van der Waals surface area (Å²) in [6.45, 7) is 6.72. The highest BCUT2D eigenvalue weighted by molar-refractivity contribution is 7.15. The summed E-state index contributed by atoms with van der Waals surface area (Å²) in [4.78, 5) is 36.3. The van der Waals surface area contributed by atoms with Crippen LogP contribution < -0.4 is 11.1 Å². The van der Waals surface area contributed by atoms with Crippen molar-refractivity contribution in [1.29, 1.82) is 0 Å². The van der Waals surface area contributed by atoms with Crippen LogP contribution in [0, 0.1) is 6.92 Å². The van der Waals surface area contributed by atoms with E-state index in [0.717, 1.165) is 55.2 Å². The Labute approximate surface area is 183 Å². The molecule has 1 aromatic carbocycles. The van der Waals surface area contributed by atoms with E-state index in [1.165, 1.54) is 21.9 Å². The molecule has 0 saturated carbocycles. The molecule has 4 aromatic rings. The fraction of sp³-hybridized carbons (Fsp3) is 0.333. The molecule has 5 N–H and O–H groups in total. The van der Waals surface area contributed by atoms with Crippen LogP contribution in [0.1, 0.15) is 45.1 Å². The summed E-state index contributed by atoms with van der Waals surface area (Å²) in [7, 11) is 0. The second kappa shape index (κ2) is 7.78. The number of rotatable bonds is 5. The van der Waals surface area contributed by atoms with Gasteiger partial charge in [-0.2, -0.15) is 0 Å². The lowest BCUT2D eigenvalue weighted by molar-refractivity contribution is 0.102. The first kappa shape index (κ1) is 19.7. The van der Waals surface area contributed by atoms with E-state index in [1.807, 2.05) is 13.0 Å². The Hall–Kier alpha value is -3.24. The van der Waals surface area contributed by atoms with Crippen LogP contribution in [0.5, 0.6) is 0 Å². The Balaban J connectivity index is 1.30. The number of aryl methyl sites for hydroxylation is 2. The zero-order valence-corrected chi connectivity index (χ0v) is 18.3. The van der Waals surface area contributed by atoms with Crippen molar-refractivity contribution in [3.8, 4) is 0 Å². The molecule has 4 heterocycles. The van der Waals surface area contributed by atoms with Crippen LogP contribution in [0.15, 0.2) is 18.2 Å². The van der Waals surface area contributed by atoms with E-state index in [9.17, 15) is 4.79 Å². The predicted octanol–water partition coefficient (Wildman–Crippen LogP) is 3.01. The molecular weight excluding hydrogens is 412 g/mol. The van der Waals surface area contributed by atoms with Gasteiger partial charge >= 0.3 is 0 Å². The standard InChI is InChI=1S/C21H24N8OS/c1-3-17-23-11(2)15(24-17)9-29-8-7-13-16(10-29)31-21(26-13)28-19(30)12-5-4-6-14-18(12)27-20(22)25-14/h4-6H,3,7-10H2,1-2H3,(H,23,24)(H3,22,25,27)(H,26,28,30). The number of nitrogen functional groups attached to an aromatic ring is 1. The Morgan fingerprint density at radius 3 is 2.97 bits per heavy atom.